The molecule has 1 N–H and O–H groups in total. The van der Waals surface area contributed by atoms with Gasteiger partial charge in [0.25, 0.3) is 0 Å². The Morgan fingerprint density at radius 1 is 1.53 bits per heavy atom. The van der Waals surface area contributed by atoms with Gasteiger partial charge in [-0.1, -0.05) is 0 Å². The van der Waals surface area contributed by atoms with E-state index in [0.29, 0.717) is 0 Å². The van der Waals surface area contributed by atoms with Crippen LogP contribution in [0.5, 0.6) is 5.75 Å². The average molecular weight is 251 g/mol. The number of carbonyl (C=O) groups is 1. The third-order valence-electron chi connectivity index (χ3n) is 3.05. The van der Waals surface area contributed by atoms with Gasteiger partial charge in [0.1, 0.15) is 18.5 Å². The molecule has 0 bridgehead atoms. The Morgan fingerprint density at radius 2 is 2.41 bits per heavy atom. The molecule has 0 saturated carbocycles. The summed E-state index contributed by atoms with van der Waals surface area (Å²) in [7, 11) is 1.65. The van der Waals surface area contributed by atoms with Crippen molar-refractivity contribution in [2.45, 2.75) is 17.0 Å². The van der Waals surface area contributed by atoms with E-state index in [0.717, 1.165) is 17.1 Å². The molecule has 0 aliphatic carbocycles. The molecule has 90 valence electrons. The van der Waals surface area contributed by atoms with E-state index < -0.39 is 0 Å². The zero-order valence-electron chi connectivity index (χ0n) is 9.43. The number of morpholine rings is 1. The maximum Gasteiger partial charge on any atom is 0.246 e. The number of hydrogen-bond donors (Lipinski definition) is 1. The number of benzene rings is 1. The minimum atomic E-state index is -0.0425. The second kappa shape index (κ2) is 4.23. The molecule has 5 heteroatoms. The quantitative estimate of drug-likeness (QED) is 0.818. The number of amides is 1. The Kier molecular flexibility index (Phi) is 2.72. The van der Waals surface area contributed by atoms with Crippen LogP contribution in [0.2, 0.25) is 0 Å². The molecule has 2 atom stereocenters. The maximum absolute atomic E-state index is 11.3. The van der Waals surface area contributed by atoms with Crippen molar-refractivity contribution >= 4 is 17.7 Å². The van der Waals surface area contributed by atoms with E-state index in [2.05, 4.69) is 11.4 Å². The SMILES string of the molecule is COc1ccc2c(c1)[C@@H]1OCC(=O)N[C@H]1CS2. The van der Waals surface area contributed by atoms with Crippen LogP contribution in [0.4, 0.5) is 0 Å². The van der Waals surface area contributed by atoms with Crippen LogP contribution in [0.3, 0.4) is 0 Å². The summed E-state index contributed by atoms with van der Waals surface area (Å²) in [5, 5.41) is 2.97. The largest absolute Gasteiger partial charge is 0.497 e. The van der Waals surface area contributed by atoms with Gasteiger partial charge in [-0.15, -0.1) is 11.8 Å². The highest BCUT2D eigenvalue weighted by Crippen LogP contribution is 2.40. The summed E-state index contributed by atoms with van der Waals surface area (Å²) in [6.07, 6.45) is -0.0425. The van der Waals surface area contributed by atoms with Gasteiger partial charge in [0, 0.05) is 16.2 Å². The summed E-state index contributed by atoms with van der Waals surface area (Å²) in [5.74, 6) is 1.65. The topological polar surface area (TPSA) is 47.6 Å². The molecule has 17 heavy (non-hydrogen) atoms. The lowest BCUT2D eigenvalue weighted by atomic mass is 10.0. The van der Waals surface area contributed by atoms with E-state index in [1.807, 2.05) is 12.1 Å². The summed E-state index contributed by atoms with van der Waals surface area (Å²) in [4.78, 5) is 12.5. The zero-order chi connectivity index (χ0) is 11.8. The molecule has 1 saturated heterocycles. The van der Waals surface area contributed by atoms with Crippen molar-refractivity contribution in [2.75, 3.05) is 19.5 Å². The fourth-order valence-electron chi connectivity index (χ4n) is 2.23. The van der Waals surface area contributed by atoms with Crippen molar-refractivity contribution in [3.63, 3.8) is 0 Å². The van der Waals surface area contributed by atoms with Gasteiger partial charge in [0.05, 0.1) is 13.2 Å². The summed E-state index contributed by atoms with van der Waals surface area (Å²) < 4.78 is 10.9. The van der Waals surface area contributed by atoms with Gasteiger partial charge in [0.15, 0.2) is 0 Å². The lowest BCUT2D eigenvalue weighted by molar-refractivity contribution is -0.136. The van der Waals surface area contributed by atoms with Gasteiger partial charge in [0.2, 0.25) is 5.91 Å². The zero-order valence-corrected chi connectivity index (χ0v) is 10.3. The molecule has 2 aliphatic heterocycles. The lowest BCUT2D eigenvalue weighted by Crippen LogP contribution is -2.50. The van der Waals surface area contributed by atoms with Crippen LogP contribution in [0, 0.1) is 0 Å². The Balaban J connectivity index is 1.97. The molecule has 1 aromatic rings. The Labute approximate surface area is 104 Å². The molecule has 0 aromatic heterocycles. The molecule has 0 unspecified atom stereocenters. The molecular formula is C12H13NO3S. The molecule has 2 heterocycles. The van der Waals surface area contributed by atoms with Gasteiger partial charge >= 0.3 is 0 Å². The monoisotopic (exact) mass is 251 g/mol. The maximum atomic E-state index is 11.3. The normalized spacial score (nSPS) is 26.8. The molecule has 1 fully saturated rings. The van der Waals surface area contributed by atoms with Crippen LogP contribution >= 0.6 is 11.8 Å². The molecular weight excluding hydrogens is 238 g/mol. The predicted octanol–water partition coefficient (Wildman–Crippen LogP) is 1.36. The Bertz CT molecular complexity index is 463. The van der Waals surface area contributed by atoms with Gasteiger partial charge in [-0.2, -0.15) is 0 Å². The molecule has 4 nitrogen and oxygen atoms in total. The van der Waals surface area contributed by atoms with Crippen molar-refractivity contribution in [1.82, 2.24) is 5.32 Å². The van der Waals surface area contributed by atoms with Gasteiger partial charge < -0.3 is 14.8 Å². The van der Waals surface area contributed by atoms with E-state index in [-0.39, 0.29) is 24.7 Å². The van der Waals surface area contributed by atoms with E-state index in [1.165, 1.54) is 4.90 Å². The number of nitrogens with one attached hydrogen (secondary N) is 1. The first kappa shape index (κ1) is 10.9. The molecule has 3 rings (SSSR count). The fraction of sp³-hybridized carbons (Fsp3) is 0.417. The van der Waals surface area contributed by atoms with Crippen molar-refractivity contribution in [1.29, 1.82) is 0 Å². The number of methoxy groups -OCH3 is 1. The van der Waals surface area contributed by atoms with Crippen molar-refractivity contribution in [2.24, 2.45) is 0 Å². The minimum Gasteiger partial charge on any atom is -0.497 e. The number of thioether (sulfide) groups is 1. The van der Waals surface area contributed by atoms with Crippen LogP contribution < -0.4 is 10.1 Å². The number of fused-ring (bicyclic) bond motifs is 3. The Morgan fingerprint density at radius 3 is 3.24 bits per heavy atom. The van der Waals surface area contributed by atoms with Crippen LogP contribution in [-0.2, 0) is 9.53 Å². The first-order valence-corrected chi connectivity index (χ1v) is 6.48. The Hall–Kier alpha value is -1.20. The summed E-state index contributed by atoms with van der Waals surface area (Å²) in [5.41, 5.74) is 1.12. The number of rotatable bonds is 1. The first-order valence-electron chi connectivity index (χ1n) is 5.49. The predicted molar refractivity (Wildman–Crippen MR) is 64.3 cm³/mol. The molecule has 0 spiro atoms. The van der Waals surface area contributed by atoms with Crippen LogP contribution in [0.25, 0.3) is 0 Å². The third kappa shape index (κ3) is 1.89. The van der Waals surface area contributed by atoms with Crippen LogP contribution in [0.1, 0.15) is 11.7 Å². The summed E-state index contributed by atoms with van der Waals surface area (Å²) in [6, 6.07) is 6.07. The van der Waals surface area contributed by atoms with Crippen LogP contribution in [0.15, 0.2) is 23.1 Å². The highest BCUT2D eigenvalue weighted by Gasteiger charge is 2.35. The number of hydrogen-bond acceptors (Lipinski definition) is 4. The van der Waals surface area contributed by atoms with Gasteiger partial charge in [-0.25, -0.2) is 0 Å². The van der Waals surface area contributed by atoms with E-state index in [9.17, 15) is 4.79 Å². The number of ether oxygens (including phenoxy) is 2. The average Bonchev–Trinajstić information content (AvgIpc) is 2.37. The summed E-state index contributed by atoms with van der Waals surface area (Å²) >= 11 is 1.75. The summed E-state index contributed by atoms with van der Waals surface area (Å²) in [6.45, 7) is 0.141. The lowest BCUT2D eigenvalue weighted by Gasteiger charge is -2.36. The second-order valence-corrected chi connectivity index (χ2v) is 5.18. The molecule has 1 amide bonds. The van der Waals surface area contributed by atoms with Crippen molar-refractivity contribution < 1.29 is 14.3 Å². The molecule has 2 aliphatic rings. The van der Waals surface area contributed by atoms with Crippen molar-refractivity contribution in [3.05, 3.63) is 23.8 Å². The van der Waals surface area contributed by atoms with Gasteiger partial charge in [-0.3, -0.25) is 4.79 Å². The van der Waals surface area contributed by atoms with E-state index >= 15 is 0 Å². The highest BCUT2D eigenvalue weighted by atomic mass is 32.2. The first-order chi connectivity index (χ1) is 8.28. The molecule has 0 radical (unpaired) electrons. The fourth-order valence-corrected chi connectivity index (χ4v) is 3.35. The number of carbonyl (C=O) groups excluding carboxylic acids is 1. The molecule has 1 aromatic carbocycles. The van der Waals surface area contributed by atoms with E-state index in [1.54, 1.807) is 18.9 Å². The van der Waals surface area contributed by atoms with Crippen LogP contribution in [-0.4, -0.2) is 31.4 Å². The minimum absolute atomic E-state index is 0.0294. The second-order valence-electron chi connectivity index (χ2n) is 4.12. The highest BCUT2D eigenvalue weighted by molar-refractivity contribution is 7.99. The van der Waals surface area contributed by atoms with Crippen molar-refractivity contribution in [3.8, 4) is 5.75 Å². The van der Waals surface area contributed by atoms with E-state index in [4.69, 9.17) is 9.47 Å². The van der Waals surface area contributed by atoms with Gasteiger partial charge in [-0.05, 0) is 18.2 Å². The standard InChI is InChI=1S/C12H13NO3S/c1-15-7-2-3-10-8(4-7)12-9(6-17-10)13-11(14)5-16-12/h2-4,9,12H,5-6H2,1H3,(H,13,14)/t9-,12-/m0/s1. The smallest absolute Gasteiger partial charge is 0.246 e. The third-order valence-corrected chi connectivity index (χ3v) is 4.26.